The van der Waals surface area contributed by atoms with Crippen LogP contribution in [0.1, 0.15) is 6.92 Å². The third kappa shape index (κ3) is 2.18. The number of oxazole rings is 1. The zero-order valence-electron chi connectivity index (χ0n) is 10.6. The van der Waals surface area contributed by atoms with Gasteiger partial charge in [-0.25, -0.2) is 4.98 Å². The minimum atomic E-state index is -0.204. The van der Waals surface area contributed by atoms with E-state index in [1.807, 2.05) is 0 Å². The van der Waals surface area contributed by atoms with Gasteiger partial charge in [0.05, 0.1) is 11.8 Å². The Morgan fingerprint density at radius 1 is 1.35 bits per heavy atom. The number of amides is 1. The molecule has 3 aromatic rings. The fraction of sp³-hybridized carbons (Fsp3) is 0.0714. The van der Waals surface area contributed by atoms with Gasteiger partial charge in [0.1, 0.15) is 11.3 Å². The molecular weight excluding hydrogens is 258 g/mol. The third-order valence-corrected chi connectivity index (χ3v) is 2.74. The molecule has 2 N–H and O–H groups in total. The van der Waals surface area contributed by atoms with Crippen molar-refractivity contribution in [1.29, 1.82) is 0 Å². The number of carbonyl (C=O) groups excluding carboxylic acids is 1. The highest BCUT2D eigenvalue weighted by Crippen LogP contribution is 2.32. The van der Waals surface area contributed by atoms with Crippen LogP contribution in [0.2, 0.25) is 0 Å². The molecule has 0 fully saturated rings. The first-order chi connectivity index (χ1) is 9.63. The van der Waals surface area contributed by atoms with Crippen molar-refractivity contribution >= 4 is 22.7 Å². The van der Waals surface area contributed by atoms with Crippen LogP contribution >= 0.6 is 0 Å². The van der Waals surface area contributed by atoms with Crippen LogP contribution < -0.4 is 5.32 Å². The van der Waals surface area contributed by atoms with Crippen LogP contribution in [0, 0.1) is 0 Å². The van der Waals surface area contributed by atoms with E-state index in [0.717, 1.165) is 0 Å². The lowest BCUT2D eigenvalue weighted by Crippen LogP contribution is -2.05. The van der Waals surface area contributed by atoms with Crippen molar-refractivity contribution in [1.82, 2.24) is 9.97 Å². The minimum absolute atomic E-state index is 0.0178. The van der Waals surface area contributed by atoms with Gasteiger partial charge in [0.15, 0.2) is 5.58 Å². The molecule has 0 radical (unpaired) electrons. The van der Waals surface area contributed by atoms with Gasteiger partial charge in [-0.05, 0) is 12.1 Å². The van der Waals surface area contributed by atoms with Crippen molar-refractivity contribution in [2.24, 2.45) is 0 Å². The number of phenols is 1. The maximum absolute atomic E-state index is 11.0. The van der Waals surface area contributed by atoms with Crippen LogP contribution in [-0.2, 0) is 4.79 Å². The van der Waals surface area contributed by atoms with Crippen molar-refractivity contribution in [2.45, 2.75) is 6.92 Å². The average Bonchev–Trinajstić information content (AvgIpc) is 2.81. The van der Waals surface area contributed by atoms with Crippen molar-refractivity contribution in [3.8, 4) is 17.2 Å². The highest BCUT2D eigenvalue weighted by molar-refractivity contribution is 5.89. The van der Waals surface area contributed by atoms with E-state index in [2.05, 4.69) is 15.3 Å². The summed E-state index contributed by atoms with van der Waals surface area (Å²) in [4.78, 5) is 19.2. The van der Waals surface area contributed by atoms with E-state index in [1.54, 1.807) is 30.6 Å². The molecule has 0 atom stereocenters. The molecule has 6 nitrogen and oxygen atoms in total. The Hall–Kier alpha value is -2.89. The zero-order chi connectivity index (χ0) is 14.1. The third-order valence-electron chi connectivity index (χ3n) is 2.74. The fourth-order valence-corrected chi connectivity index (χ4v) is 1.89. The predicted octanol–water partition coefficient (Wildman–Crippen LogP) is 2.55. The molecule has 3 rings (SSSR count). The SMILES string of the molecule is CC(=O)Nc1ccc(-c2nc3cnccc3o2)c(O)c1. The van der Waals surface area contributed by atoms with Crippen molar-refractivity contribution in [3.05, 3.63) is 36.7 Å². The molecule has 0 saturated carbocycles. The number of hydrogen-bond acceptors (Lipinski definition) is 5. The lowest BCUT2D eigenvalue weighted by Gasteiger charge is -2.05. The van der Waals surface area contributed by atoms with Crippen LogP contribution in [-0.4, -0.2) is 21.0 Å². The summed E-state index contributed by atoms with van der Waals surface area (Å²) in [6.45, 7) is 1.40. The van der Waals surface area contributed by atoms with Crippen molar-refractivity contribution in [3.63, 3.8) is 0 Å². The number of nitrogens with one attached hydrogen (secondary N) is 1. The maximum Gasteiger partial charge on any atom is 0.231 e. The Morgan fingerprint density at radius 2 is 2.20 bits per heavy atom. The molecule has 100 valence electrons. The molecule has 2 aromatic heterocycles. The number of hydrogen-bond donors (Lipinski definition) is 2. The Balaban J connectivity index is 2.03. The van der Waals surface area contributed by atoms with E-state index < -0.39 is 0 Å². The summed E-state index contributed by atoms with van der Waals surface area (Å²) in [7, 11) is 0. The Morgan fingerprint density at radius 3 is 2.90 bits per heavy atom. The Labute approximate surface area is 114 Å². The second-order valence-corrected chi connectivity index (χ2v) is 4.28. The smallest absolute Gasteiger partial charge is 0.231 e. The molecule has 0 unspecified atom stereocenters. The first kappa shape index (κ1) is 12.2. The number of pyridine rings is 1. The van der Waals surface area contributed by atoms with Crippen LogP contribution in [0.5, 0.6) is 5.75 Å². The molecular formula is C14H11N3O3. The standard InChI is InChI=1S/C14H11N3O3/c1-8(18)16-9-2-3-10(12(19)6-9)14-17-11-7-15-5-4-13(11)20-14/h2-7,19H,1H3,(H,16,18). The summed E-state index contributed by atoms with van der Waals surface area (Å²) >= 11 is 0. The first-order valence-electron chi connectivity index (χ1n) is 5.95. The summed E-state index contributed by atoms with van der Waals surface area (Å²) in [5, 5.41) is 12.6. The first-order valence-corrected chi connectivity index (χ1v) is 5.95. The largest absolute Gasteiger partial charge is 0.507 e. The molecule has 1 aromatic carbocycles. The van der Waals surface area contributed by atoms with Gasteiger partial charge >= 0.3 is 0 Å². The molecule has 6 heteroatoms. The van der Waals surface area contributed by atoms with Gasteiger partial charge in [-0.15, -0.1) is 0 Å². The molecule has 0 bridgehead atoms. The number of phenolic OH excluding ortho intramolecular Hbond substituents is 1. The highest BCUT2D eigenvalue weighted by atomic mass is 16.3. The van der Waals surface area contributed by atoms with Crippen LogP contribution in [0.25, 0.3) is 22.6 Å². The summed E-state index contributed by atoms with van der Waals surface area (Å²) in [5.74, 6) is 0.0840. The number of benzene rings is 1. The van der Waals surface area contributed by atoms with E-state index in [-0.39, 0.29) is 11.7 Å². The molecule has 0 aliphatic rings. The molecule has 0 aliphatic heterocycles. The van der Waals surface area contributed by atoms with E-state index in [0.29, 0.717) is 28.2 Å². The lowest BCUT2D eigenvalue weighted by atomic mass is 10.2. The lowest BCUT2D eigenvalue weighted by molar-refractivity contribution is -0.114. The number of anilines is 1. The summed E-state index contributed by atoms with van der Waals surface area (Å²) < 4.78 is 5.56. The topological polar surface area (TPSA) is 88.3 Å². The zero-order valence-corrected chi connectivity index (χ0v) is 10.6. The normalized spacial score (nSPS) is 10.7. The van der Waals surface area contributed by atoms with Crippen molar-refractivity contribution < 1.29 is 14.3 Å². The predicted molar refractivity (Wildman–Crippen MR) is 73.2 cm³/mol. The second kappa shape index (κ2) is 4.65. The molecule has 0 saturated heterocycles. The monoisotopic (exact) mass is 269 g/mol. The number of rotatable bonds is 2. The minimum Gasteiger partial charge on any atom is -0.507 e. The number of aromatic nitrogens is 2. The van der Waals surface area contributed by atoms with E-state index in [4.69, 9.17) is 4.42 Å². The van der Waals surface area contributed by atoms with Crippen molar-refractivity contribution in [2.75, 3.05) is 5.32 Å². The van der Waals surface area contributed by atoms with E-state index in [1.165, 1.54) is 13.0 Å². The molecule has 0 spiro atoms. The average molecular weight is 269 g/mol. The second-order valence-electron chi connectivity index (χ2n) is 4.28. The Bertz CT molecular complexity index is 762. The number of nitrogens with zero attached hydrogens (tertiary/aromatic N) is 2. The van der Waals surface area contributed by atoms with Gasteiger partial charge in [-0.3, -0.25) is 9.78 Å². The quantitative estimate of drug-likeness (QED) is 0.746. The summed E-state index contributed by atoms with van der Waals surface area (Å²) in [6.07, 6.45) is 3.20. The number of aromatic hydroxyl groups is 1. The Kier molecular flexibility index (Phi) is 2.83. The van der Waals surface area contributed by atoms with Gasteiger partial charge in [0, 0.05) is 30.9 Å². The van der Waals surface area contributed by atoms with Gasteiger partial charge in [0.25, 0.3) is 0 Å². The van der Waals surface area contributed by atoms with E-state index >= 15 is 0 Å². The van der Waals surface area contributed by atoms with Gasteiger partial charge < -0.3 is 14.8 Å². The van der Waals surface area contributed by atoms with Crippen LogP contribution in [0.4, 0.5) is 5.69 Å². The van der Waals surface area contributed by atoms with E-state index in [9.17, 15) is 9.90 Å². The van der Waals surface area contributed by atoms with Gasteiger partial charge in [-0.1, -0.05) is 0 Å². The molecule has 2 heterocycles. The molecule has 20 heavy (non-hydrogen) atoms. The number of fused-ring (bicyclic) bond motifs is 1. The van der Waals surface area contributed by atoms with Crippen LogP contribution in [0.3, 0.4) is 0 Å². The molecule has 0 aliphatic carbocycles. The highest BCUT2D eigenvalue weighted by Gasteiger charge is 2.13. The number of carbonyl (C=O) groups is 1. The van der Waals surface area contributed by atoms with Gasteiger partial charge in [-0.2, -0.15) is 0 Å². The fourth-order valence-electron chi connectivity index (χ4n) is 1.89. The van der Waals surface area contributed by atoms with Gasteiger partial charge in [0.2, 0.25) is 11.8 Å². The molecule has 1 amide bonds. The summed E-state index contributed by atoms with van der Waals surface area (Å²) in [5.41, 5.74) is 2.18. The summed E-state index contributed by atoms with van der Waals surface area (Å²) in [6, 6.07) is 6.46. The van der Waals surface area contributed by atoms with Crippen LogP contribution in [0.15, 0.2) is 41.1 Å². The maximum atomic E-state index is 11.0.